The molecule has 0 saturated carbocycles. The average Bonchev–Trinajstić information content (AvgIpc) is 2.76. The topological polar surface area (TPSA) is 83.6 Å². The number of hydrogen-bond donors (Lipinski definition) is 2. The molecule has 30 heavy (non-hydrogen) atoms. The molecule has 2 N–H and O–H groups in total. The molecule has 2 aromatic carbocycles. The van der Waals surface area contributed by atoms with Gasteiger partial charge in [-0.05, 0) is 56.4 Å². The highest BCUT2D eigenvalue weighted by molar-refractivity contribution is 6.39. The Balaban J connectivity index is 1.48. The lowest BCUT2D eigenvalue weighted by Crippen LogP contribution is -2.35. The molecule has 0 radical (unpaired) electrons. The second kappa shape index (κ2) is 10.4. The summed E-state index contributed by atoms with van der Waals surface area (Å²) in [6, 6.07) is 16.5. The number of fused-ring (bicyclic) bond motifs is 1. The van der Waals surface area contributed by atoms with Crippen LogP contribution in [0.5, 0.6) is 5.75 Å². The number of benzene rings is 2. The molecule has 0 aliphatic heterocycles. The standard InChI is InChI=1S/C23H26N4O3/c1-27(2)14-5-15-30-20-11-9-19(10-12-20)26-23(29)22(28)25-16-18-7-3-6-17-8-4-13-24-21(17)18/h3-4,6-13H,5,14-16H2,1-2H3,(H,25,28)(H,26,29). The van der Waals surface area contributed by atoms with Crippen molar-refractivity contribution >= 4 is 28.4 Å². The van der Waals surface area contributed by atoms with Gasteiger partial charge in [-0.25, -0.2) is 0 Å². The summed E-state index contributed by atoms with van der Waals surface area (Å²) in [7, 11) is 4.04. The number of pyridine rings is 1. The Morgan fingerprint density at radius 1 is 1.00 bits per heavy atom. The van der Waals surface area contributed by atoms with Crippen molar-refractivity contribution in [2.75, 3.05) is 32.6 Å². The van der Waals surface area contributed by atoms with Gasteiger partial charge in [0.2, 0.25) is 0 Å². The first kappa shape index (κ1) is 21.3. The van der Waals surface area contributed by atoms with Gasteiger partial charge in [-0.3, -0.25) is 14.6 Å². The zero-order valence-corrected chi connectivity index (χ0v) is 17.2. The monoisotopic (exact) mass is 406 g/mol. The zero-order chi connectivity index (χ0) is 21.3. The van der Waals surface area contributed by atoms with Crippen LogP contribution in [0.1, 0.15) is 12.0 Å². The number of carbonyl (C=O) groups is 2. The summed E-state index contributed by atoms with van der Waals surface area (Å²) >= 11 is 0. The van der Waals surface area contributed by atoms with Gasteiger partial charge in [-0.1, -0.05) is 24.3 Å². The molecule has 0 aliphatic rings. The summed E-state index contributed by atoms with van der Waals surface area (Å²) in [5.74, 6) is -0.700. The van der Waals surface area contributed by atoms with Crippen molar-refractivity contribution in [1.82, 2.24) is 15.2 Å². The molecule has 1 aromatic heterocycles. The molecular formula is C23H26N4O3. The van der Waals surface area contributed by atoms with Crippen molar-refractivity contribution < 1.29 is 14.3 Å². The minimum Gasteiger partial charge on any atom is -0.494 e. The minimum atomic E-state index is -0.720. The second-order valence-corrected chi connectivity index (χ2v) is 7.16. The number of ether oxygens (including phenoxy) is 1. The van der Waals surface area contributed by atoms with Crippen molar-refractivity contribution in [3.8, 4) is 5.75 Å². The molecule has 7 heteroatoms. The maximum Gasteiger partial charge on any atom is 0.313 e. The molecule has 0 spiro atoms. The summed E-state index contributed by atoms with van der Waals surface area (Å²) in [4.78, 5) is 30.8. The molecule has 0 saturated heterocycles. The minimum absolute atomic E-state index is 0.223. The first-order valence-electron chi connectivity index (χ1n) is 9.82. The van der Waals surface area contributed by atoms with E-state index >= 15 is 0 Å². The molecule has 3 rings (SSSR count). The molecule has 0 unspecified atom stereocenters. The second-order valence-electron chi connectivity index (χ2n) is 7.16. The molecule has 1 heterocycles. The van der Waals surface area contributed by atoms with Gasteiger partial charge in [-0.2, -0.15) is 0 Å². The summed E-state index contributed by atoms with van der Waals surface area (Å²) in [6.45, 7) is 1.80. The highest BCUT2D eigenvalue weighted by atomic mass is 16.5. The van der Waals surface area contributed by atoms with Crippen LogP contribution in [0.2, 0.25) is 0 Å². The van der Waals surface area contributed by atoms with Crippen molar-refractivity contribution in [1.29, 1.82) is 0 Å². The van der Waals surface area contributed by atoms with Crippen LogP contribution in [-0.4, -0.2) is 48.9 Å². The normalized spacial score (nSPS) is 10.8. The van der Waals surface area contributed by atoms with E-state index in [1.165, 1.54) is 0 Å². The van der Waals surface area contributed by atoms with Crippen LogP contribution in [0.3, 0.4) is 0 Å². The van der Waals surface area contributed by atoms with E-state index in [-0.39, 0.29) is 6.54 Å². The SMILES string of the molecule is CN(C)CCCOc1ccc(NC(=O)C(=O)NCc2cccc3cccnc23)cc1. The van der Waals surface area contributed by atoms with Crippen molar-refractivity contribution in [2.45, 2.75) is 13.0 Å². The Morgan fingerprint density at radius 2 is 1.77 bits per heavy atom. The molecule has 156 valence electrons. The number of amides is 2. The van der Waals surface area contributed by atoms with Crippen molar-refractivity contribution in [3.63, 3.8) is 0 Å². The Bertz CT molecular complexity index is 998. The zero-order valence-electron chi connectivity index (χ0n) is 17.2. The van der Waals surface area contributed by atoms with Gasteiger partial charge in [0.15, 0.2) is 0 Å². The molecule has 0 atom stereocenters. The highest BCUT2D eigenvalue weighted by Gasteiger charge is 2.14. The summed E-state index contributed by atoms with van der Waals surface area (Å²) in [5.41, 5.74) is 2.19. The summed E-state index contributed by atoms with van der Waals surface area (Å²) in [6.07, 6.45) is 2.63. The van der Waals surface area contributed by atoms with Gasteiger partial charge in [0.25, 0.3) is 0 Å². The number of nitrogens with one attached hydrogen (secondary N) is 2. The highest BCUT2D eigenvalue weighted by Crippen LogP contribution is 2.17. The van der Waals surface area contributed by atoms with Gasteiger partial charge < -0.3 is 20.3 Å². The number of anilines is 1. The Hall–Kier alpha value is -3.45. The Labute approximate surface area is 176 Å². The van der Waals surface area contributed by atoms with Crippen LogP contribution in [0.4, 0.5) is 5.69 Å². The number of rotatable bonds is 8. The van der Waals surface area contributed by atoms with E-state index in [0.717, 1.165) is 35.2 Å². The lowest BCUT2D eigenvalue weighted by molar-refractivity contribution is -0.136. The van der Waals surface area contributed by atoms with E-state index in [2.05, 4.69) is 20.5 Å². The molecule has 0 bridgehead atoms. The molecule has 7 nitrogen and oxygen atoms in total. The van der Waals surface area contributed by atoms with Gasteiger partial charge in [0.05, 0.1) is 12.1 Å². The number of nitrogens with zero attached hydrogens (tertiary/aromatic N) is 2. The maximum atomic E-state index is 12.2. The van der Waals surface area contributed by atoms with Crippen LogP contribution in [-0.2, 0) is 16.1 Å². The van der Waals surface area contributed by atoms with Crippen LogP contribution in [0, 0.1) is 0 Å². The van der Waals surface area contributed by atoms with E-state index in [1.807, 2.05) is 44.4 Å². The maximum absolute atomic E-state index is 12.2. The molecular weight excluding hydrogens is 380 g/mol. The molecule has 3 aromatic rings. The van der Waals surface area contributed by atoms with E-state index in [4.69, 9.17) is 4.74 Å². The van der Waals surface area contributed by atoms with Crippen molar-refractivity contribution in [3.05, 3.63) is 66.4 Å². The van der Waals surface area contributed by atoms with Crippen LogP contribution in [0.25, 0.3) is 10.9 Å². The number of aromatic nitrogens is 1. The largest absolute Gasteiger partial charge is 0.494 e. The Morgan fingerprint density at radius 3 is 2.53 bits per heavy atom. The fourth-order valence-corrected chi connectivity index (χ4v) is 2.96. The first-order valence-corrected chi connectivity index (χ1v) is 9.82. The predicted octanol–water partition coefficient (Wildman–Crippen LogP) is 2.82. The van der Waals surface area contributed by atoms with E-state index < -0.39 is 11.8 Å². The lowest BCUT2D eigenvalue weighted by atomic mass is 10.1. The predicted molar refractivity (Wildman–Crippen MR) is 117 cm³/mol. The third-order valence-corrected chi connectivity index (χ3v) is 4.49. The third kappa shape index (κ3) is 6.02. The number of hydrogen-bond acceptors (Lipinski definition) is 5. The van der Waals surface area contributed by atoms with Crippen molar-refractivity contribution in [2.24, 2.45) is 0 Å². The third-order valence-electron chi connectivity index (χ3n) is 4.49. The number of carbonyl (C=O) groups excluding carboxylic acids is 2. The van der Waals surface area contributed by atoms with Gasteiger partial charge in [0, 0.05) is 30.4 Å². The van der Waals surface area contributed by atoms with Gasteiger partial charge in [0.1, 0.15) is 5.75 Å². The quantitative estimate of drug-likeness (QED) is 0.444. The van der Waals surface area contributed by atoms with Crippen LogP contribution >= 0.6 is 0 Å². The fraction of sp³-hybridized carbons (Fsp3) is 0.261. The van der Waals surface area contributed by atoms with Crippen LogP contribution in [0.15, 0.2) is 60.8 Å². The molecule has 2 amide bonds. The smallest absolute Gasteiger partial charge is 0.313 e. The van der Waals surface area contributed by atoms with E-state index in [0.29, 0.717) is 12.3 Å². The first-order chi connectivity index (χ1) is 14.5. The van der Waals surface area contributed by atoms with Gasteiger partial charge in [-0.15, -0.1) is 0 Å². The number of para-hydroxylation sites is 1. The average molecular weight is 406 g/mol. The molecule has 0 aliphatic carbocycles. The van der Waals surface area contributed by atoms with Gasteiger partial charge >= 0.3 is 11.8 Å². The molecule has 0 fully saturated rings. The lowest BCUT2D eigenvalue weighted by Gasteiger charge is -2.11. The van der Waals surface area contributed by atoms with Crippen LogP contribution < -0.4 is 15.4 Å². The van der Waals surface area contributed by atoms with E-state index in [9.17, 15) is 9.59 Å². The fourth-order valence-electron chi connectivity index (χ4n) is 2.96. The Kier molecular flexibility index (Phi) is 7.34. The van der Waals surface area contributed by atoms with E-state index in [1.54, 1.807) is 30.5 Å². The summed E-state index contributed by atoms with van der Waals surface area (Å²) in [5, 5.41) is 6.23. The summed E-state index contributed by atoms with van der Waals surface area (Å²) < 4.78 is 5.66.